The van der Waals surface area contributed by atoms with E-state index in [1.165, 1.54) is 11.1 Å². The third-order valence-electron chi connectivity index (χ3n) is 4.12. The monoisotopic (exact) mass is 306 g/mol. The van der Waals surface area contributed by atoms with Gasteiger partial charge >= 0.3 is 0 Å². The van der Waals surface area contributed by atoms with Gasteiger partial charge < -0.3 is 4.90 Å². The number of thioether (sulfide) groups is 1. The first-order chi connectivity index (χ1) is 9.88. The van der Waals surface area contributed by atoms with E-state index in [0.29, 0.717) is 0 Å². The smallest absolute Gasteiger partial charge is 0.241 e. The fourth-order valence-electron chi connectivity index (χ4n) is 2.73. The molecule has 1 aliphatic heterocycles. The van der Waals surface area contributed by atoms with Crippen molar-refractivity contribution in [2.24, 2.45) is 0 Å². The molecule has 0 aliphatic carbocycles. The van der Waals surface area contributed by atoms with Crippen LogP contribution in [0.1, 0.15) is 44.5 Å². The molecule has 116 valence electrons. The second kappa shape index (κ2) is 6.41. The van der Waals surface area contributed by atoms with E-state index in [1.807, 2.05) is 4.90 Å². The van der Waals surface area contributed by atoms with Crippen LogP contribution in [-0.4, -0.2) is 34.4 Å². The van der Waals surface area contributed by atoms with E-state index in [9.17, 15) is 4.79 Å². The Bertz CT molecular complexity index is 515. The van der Waals surface area contributed by atoms with E-state index < -0.39 is 0 Å². The summed E-state index contributed by atoms with van der Waals surface area (Å²) in [7, 11) is 0. The van der Waals surface area contributed by atoms with Crippen LogP contribution in [0.2, 0.25) is 0 Å². The third kappa shape index (κ3) is 3.61. The maximum Gasteiger partial charge on any atom is 0.241 e. The van der Waals surface area contributed by atoms with Crippen molar-refractivity contribution in [1.29, 1.82) is 0 Å². The third-order valence-corrected chi connectivity index (χ3v) is 5.36. The van der Waals surface area contributed by atoms with Crippen molar-refractivity contribution in [3.05, 3.63) is 35.4 Å². The van der Waals surface area contributed by atoms with Gasteiger partial charge in [0.1, 0.15) is 6.17 Å². The Hall–Kier alpha value is -1.00. The molecule has 4 heteroatoms. The van der Waals surface area contributed by atoms with Crippen LogP contribution in [0.3, 0.4) is 0 Å². The largest absolute Gasteiger partial charge is 0.320 e. The lowest BCUT2D eigenvalue weighted by molar-refractivity contribution is -0.130. The fourth-order valence-corrected chi connectivity index (χ4v) is 3.00. The molecular weight excluding hydrogens is 280 g/mol. The molecule has 1 saturated heterocycles. The van der Waals surface area contributed by atoms with Gasteiger partial charge in [-0.05, 0) is 39.0 Å². The SMILES string of the molecule is CCC1NC(c2cccc(C)c2)N(CC(C)(C)SC)C1=O. The molecule has 1 aromatic carbocycles. The van der Waals surface area contributed by atoms with Crippen LogP contribution >= 0.6 is 11.8 Å². The molecule has 2 rings (SSSR count). The Balaban J connectivity index is 2.30. The number of carbonyl (C=O) groups excluding carboxylic acids is 1. The van der Waals surface area contributed by atoms with Crippen LogP contribution in [-0.2, 0) is 4.79 Å². The van der Waals surface area contributed by atoms with Crippen molar-refractivity contribution >= 4 is 17.7 Å². The zero-order valence-electron chi connectivity index (χ0n) is 13.6. The van der Waals surface area contributed by atoms with Crippen LogP contribution in [0.25, 0.3) is 0 Å². The van der Waals surface area contributed by atoms with Gasteiger partial charge in [0.15, 0.2) is 0 Å². The van der Waals surface area contributed by atoms with E-state index in [1.54, 1.807) is 11.8 Å². The molecule has 2 atom stereocenters. The van der Waals surface area contributed by atoms with Gasteiger partial charge in [0.2, 0.25) is 5.91 Å². The number of amides is 1. The molecule has 21 heavy (non-hydrogen) atoms. The fraction of sp³-hybridized carbons (Fsp3) is 0.588. The predicted molar refractivity (Wildman–Crippen MR) is 90.4 cm³/mol. The highest BCUT2D eigenvalue weighted by atomic mass is 32.2. The molecule has 2 unspecified atom stereocenters. The van der Waals surface area contributed by atoms with Gasteiger partial charge in [-0.25, -0.2) is 0 Å². The van der Waals surface area contributed by atoms with E-state index in [4.69, 9.17) is 0 Å². The number of rotatable bonds is 5. The van der Waals surface area contributed by atoms with Crippen LogP contribution in [0, 0.1) is 6.92 Å². The average Bonchev–Trinajstić information content (AvgIpc) is 2.75. The van der Waals surface area contributed by atoms with Crippen molar-refractivity contribution in [2.75, 3.05) is 12.8 Å². The number of benzene rings is 1. The minimum atomic E-state index is -0.0619. The quantitative estimate of drug-likeness (QED) is 0.905. The van der Waals surface area contributed by atoms with Gasteiger partial charge in [-0.15, -0.1) is 0 Å². The summed E-state index contributed by atoms with van der Waals surface area (Å²) in [6, 6.07) is 8.37. The van der Waals surface area contributed by atoms with Gasteiger partial charge in [-0.3, -0.25) is 10.1 Å². The zero-order chi connectivity index (χ0) is 15.6. The highest BCUT2D eigenvalue weighted by Crippen LogP contribution is 2.32. The first-order valence-corrected chi connectivity index (χ1v) is 8.78. The number of aryl methyl sites for hydroxylation is 1. The summed E-state index contributed by atoms with van der Waals surface area (Å²) in [6.07, 6.45) is 2.93. The first kappa shape index (κ1) is 16.4. The maximum atomic E-state index is 12.7. The second-order valence-electron chi connectivity index (χ2n) is 6.37. The van der Waals surface area contributed by atoms with E-state index in [-0.39, 0.29) is 22.9 Å². The average molecular weight is 306 g/mol. The maximum absolute atomic E-state index is 12.7. The second-order valence-corrected chi connectivity index (χ2v) is 7.89. The lowest BCUT2D eigenvalue weighted by atomic mass is 10.1. The summed E-state index contributed by atoms with van der Waals surface area (Å²) >= 11 is 1.80. The van der Waals surface area contributed by atoms with Gasteiger partial charge in [0, 0.05) is 11.3 Å². The van der Waals surface area contributed by atoms with Gasteiger partial charge in [0.05, 0.1) is 6.04 Å². The summed E-state index contributed by atoms with van der Waals surface area (Å²) < 4.78 is 0.0576. The molecule has 0 bridgehead atoms. The Kier molecular flexibility index (Phi) is 4.99. The van der Waals surface area contributed by atoms with Crippen molar-refractivity contribution in [2.45, 2.75) is 51.1 Å². The Labute approximate surface area is 132 Å². The Morgan fingerprint density at radius 3 is 2.67 bits per heavy atom. The molecule has 0 radical (unpaired) electrons. The Morgan fingerprint density at radius 2 is 2.10 bits per heavy atom. The highest BCUT2D eigenvalue weighted by molar-refractivity contribution is 7.99. The standard InChI is InChI=1S/C17H26N2OS/c1-6-14-16(20)19(11-17(3,4)21-5)15(18-14)13-9-7-8-12(2)10-13/h7-10,14-15,18H,6,11H2,1-5H3. The van der Waals surface area contributed by atoms with E-state index >= 15 is 0 Å². The van der Waals surface area contributed by atoms with E-state index in [0.717, 1.165) is 13.0 Å². The van der Waals surface area contributed by atoms with Crippen LogP contribution < -0.4 is 5.32 Å². The highest BCUT2D eigenvalue weighted by Gasteiger charge is 2.40. The molecule has 1 fully saturated rings. The molecular formula is C17H26N2OS. The van der Waals surface area contributed by atoms with Crippen LogP contribution in [0.15, 0.2) is 24.3 Å². The summed E-state index contributed by atoms with van der Waals surface area (Å²) in [5.74, 6) is 0.228. The number of carbonyl (C=O) groups is 1. The van der Waals surface area contributed by atoms with Crippen molar-refractivity contribution in [3.63, 3.8) is 0 Å². The number of nitrogens with zero attached hydrogens (tertiary/aromatic N) is 1. The summed E-state index contributed by atoms with van der Waals surface area (Å²) in [4.78, 5) is 14.7. The van der Waals surface area contributed by atoms with Crippen LogP contribution in [0.4, 0.5) is 0 Å². The molecule has 1 amide bonds. The Morgan fingerprint density at radius 1 is 1.38 bits per heavy atom. The number of hydrogen-bond donors (Lipinski definition) is 1. The molecule has 0 aromatic heterocycles. The van der Waals surface area contributed by atoms with Crippen molar-refractivity contribution in [3.8, 4) is 0 Å². The molecule has 1 aromatic rings. The lowest BCUT2D eigenvalue weighted by Gasteiger charge is -2.32. The zero-order valence-corrected chi connectivity index (χ0v) is 14.5. The predicted octanol–water partition coefficient (Wildman–Crippen LogP) is 3.35. The molecule has 0 saturated carbocycles. The molecule has 1 N–H and O–H groups in total. The summed E-state index contributed by atoms with van der Waals surface area (Å²) in [5.41, 5.74) is 2.40. The van der Waals surface area contributed by atoms with Gasteiger partial charge in [0.25, 0.3) is 0 Å². The minimum absolute atomic E-state index is 0.00576. The van der Waals surface area contributed by atoms with E-state index in [2.05, 4.69) is 63.5 Å². The summed E-state index contributed by atoms with van der Waals surface area (Å²) in [6.45, 7) is 9.30. The number of hydrogen-bond acceptors (Lipinski definition) is 3. The molecule has 0 spiro atoms. The first-order valence-electron chi connectivity index (χ1n) is 7.56. The molecule has 1 aliphatic rings. The number of nitrogens with one attached hydrogen (secondary N) is 1. The normalized spacial score (nSPS) is 22.9. The molecule has 3 nitrogen and oxygen atoms in total. The topological polar surface area (TPSA) is 32.3 Å². The summed E-state index contributed by atoms with van der Waals surface area (Å²) in [5, 5.41) is 3.50. The molecule has 1 heterocycles. The van der Waals surface area contributed by atoms with Crippen molar-refractivity contribution < 1.29 is 4.79 Å². The lowest BCUT2D eigenvalue weighted by Crippen LogP contribution is -2.40. The minimum Gasteiger partial charge on any atom is -0.320 e. The van der Waals surface area contributed by atoms with Gasteiger partial charge in [-0.2, -0.15) is 11.8 Å². The van der Waals surface area contributed by atoms with Crippen molar-refractivity contribution in [1.82, 2.24) is 10.2 Å². The van der Waals surface area contributed by atoms with Gasteiger partial charge in [-0.1, -0.05) is 36.8 Å². The van der Waals surface area contributed by atoms with Crippen LogP contribution in [0.5, 0.6) is 0 Å².